The third-order valence-electron chi connectivity index (χ3n) is 3.29. The topological polar surface area (TPSA) is 0 Å². The van der Waals surface area contributed by atoms with Crippen LogP contribution in [-0.4, -0.2) is 0 Å². The van der Waals surface area contributed by atoms with Gasteiger partial charge in [0.25, 0.3) is 0 Å². The summed E-state index contributed by atoms with van der Waals surface area (Å²) in [5.74, 6) is 0. The number of benzene rings is 2. The Labute approximate surface area is 102 Å². The highest BCUT2D eigenvalue weighted by Crippen LogP contribution is 2.33. The van der Waals surface area contributed by atoms with Crippen LogP contribution in [0.1, 0.15) is 22.3 Å². The molecule has 0 amide bonds. The van der Waals surface area contributed by atoms with Crippen LogP contribution in [0.15, 0.2) is 55.1 Å². The predicted molar refractivity (Wildman–Crippen MR) is 74.6 cm³/mol. The second-order valence-electron chi connectivity index (χ2n) is 4.34. The monoisotopic (exact) mass is 218 g/mol. The summed E-state index contributed by atoms with van der Waals surface area (Å²) in [6.07, 6.45) is 5.25. The Morgan fingerprint density at radius 3 is 2.53 bits per heavy atom. The zero-order valence-electron chi connectivity index (χ0n) is 9.69. The van der Waals surface area contributed by atoms with Crippen molar-refractivity contribution in [2.24, 2.45) is 0 Å². The number of hydrogen-bond donors (Lipinski definition) is 0. The Kier molecular flexibility index (Phi) is 2.41. The molecule has 2 aromatic carbocycles. The summed E-state index contributed by atoms with van der Waals surface area (Å²) in [5.41, 5.74) is 6.68. The second-order valence-corrected chi connectivity index (χ2v) is 4.34. The van der Waals surface area contributed by atoms with Crippen molar-refractivity contribution in [1.82, 2.24) is 0 Å². The number of rotatable bonds is 2. The van der Waals surface area contributed by atoms with Gasteiger partial charge < -0.3 is 0 Å². The van der Waals surface area contributed by atoms with E-state index in [1.54, 1.807) is 0 Å². The van der Waals surface area contributed by atoms with Crippen LogP contribution in [0, 0.1) is 0 Å². The molecule has 0 saturated heterocycles. The smallest absolute Gasteiger partial charge is 0.00135 e. The molecule has 0 N–H and O–H groups in total. The largest absolute Gasteiger partial charge is 0.0984 e. The molecule has 0 radical (unpaired) electrons. The standard InChI is InChI=1S/C17H14/c1-2-13-7-5-6-10-17(13)16-11-14-8-3-4-9-15(14)12-16/h2-11H,1,12H2. The summed E-state index contributed by atoms with van der Waals surface area (Å²) in [6.45, 7) is 3.88. The molecule has 0 bridgehead atoms. The van der Waals surface area contributed by atoms with E-state index < -0.39 is 0 Å². The zero-order chi connectivity index (χ0) is 11.7. The Morgan fingerprint density at radius 2 is 1.71 bits per heavy atom. The van der Waals surface area contributed by atoms with Crippen LogP contribution < -0.4 is 0 Å². The average Bonchev–Trinajstić information content (AvgIpc) is 2.82. The number of allylic oxidation sites excluding steroid dienone is 1. The van der Waals surface area contributed by atoms with Gasteiger partial charge in [0.05, 0.1) is 0 Å². The van der Waals surface area contributed by atoms with E-state index in [2.05, 4.69) is 61.2 Å². The third kappa shape index (κ3) is 1.72. The van der Waals surface area contributed by atoms with Crippen LogP contribution in [0.4, 0.5) is 0 Å². The summed E-state index contributed by atoms with van der Waals surface area (Å²) < 4.78 is 0. The van der Waals surface area contributed by atoms with Gasteiger partial charge >= 0.3 is 0 Å². The summed E-state index contributed by atoms with van der Waals surface area (Å²) >= 11 is 0. The number of hydrogen-bond acceptors (Lipinski definition) is 0. The van der Waals surface area contributed by atoms with E-state index in [1.807, 2.05) is 6.08 Å². The fourth-order valence-electron chi connectivity index (χ4n) is 2.42. The molecule has 0 saturated carbocycles. The SMILES string of the molecule is C=Cc1ccccc1C1=Cc2ccccc2C1. The Balaban J connectivity index is 2.07. The van der Waals surface area contributed by atoms with Gasteiger partial charge in [0.15, 0.2) is 0 Å². The van der Waals surface area contributed by atoms with Crippen molar-refractivity contribution in [3.8, 4) is 0 Å². The molecule has 0 aromatic heterocycles. The van der Waals surface area contributed by atoms with Crippen LogP contribution in [0.25, 0.3) is 17.7 Å². The van der Waals surface area contributed by atoms with Crippen molar-refractivity contribution >= 4 is 17.7 Å². The highest BCUT2D eigenvalue weighted by molar-refractivity contribution is 5.90. The first-order valence-corrected chi connectivity index (χ1v) is 5.89. The molecular weight excluding hydrogens is 204 g/mol. The quantitative estimate of drug-likeness (QED) is 0.699. The first-order chi connectivity index (χ1) is 8.38. The predicted octanol–water partition coefficient (Wildman–Crippen LogP) is 4.43. The van der Waals surface area contributed by atoms with Gasteiger partial charge in [0.1, 0.15) is 0 Å². The van der Waals surface area contributed by atoms with Crippen molar-refractivity contribution in [3.05, 3.63) is 77.4 Å². The summed E-state index contributed by atoms with van der Waals surface area (Å²) in [6, 6.07) is 17.0. The fraction of sp³-hybridized carbons (Fsp3) is 0.0588. The minimum absolute atomic E-state index is 1.03. The fourth-order valence-corrected chi connectivity index (χ4v) is 2.42. The van der Waals surface area contributed by atoms with Crippen LogP contribution in [0.3, 0.4) is 0 Å². The van der Waals surface area contributed by atoms with E-state index >= 15 is 0 Å². The molecule has 82 valence electrons. The molecule has 3 rings (SSSR count). The zero-order valence-corrected chi connectivity index (χ0v) is 9.69. The lowest BCUT2D eigenvalue weighted by Gasteiger charge is -2.06. The lowest BCUT2D eigenvalue weighted by atomic mass is 9.98. The lowest BCUT2D eigenvalue weighted by Crippen LogP contribution is -1.88. The number of fused-ring (bicyclic) bond motifs is 1. The molecule has 0 spiro atoms. The van der Waals surface area contributed by atoms with Gasteiger partial charge in [-0.3, -0.25) is 0 Å². The maximum absolute atomic E-state index is 3.88. The Morgan fingerprint density at radius 1 is 0.941 bits per heavy atom. The van der Waals surface area contributed by atoms with E-state index in [4.69, 9.17) is 0 Å². The van der Waals surface area contributed by atoms with Crippen LogP contribution in [0.5, 0.6) is 0 Å². The molecule has 0 nitrogen and oxygen atoms in total. The maximum atomic E-state index is 3.88. The van der Waals surface area contributed by atoms with E-state index in [9.17, 15) is 0 Å². The Bertz CT molecular complexity index is 603. The molecule has 0 aliphatic heterocycles. The molecule has 17 heavy (non-hydrogen) atoms. The van der Waals surface area contributed by atoms with Gasteiger partial charge in [-0.15, -0.1) is 0 Å². The molecule has 1 aliphatic rings. The van der Waals surface area contributed by atoms with Crippen molar-refractivity contribution in [2.45, 2.75) is 6.42 Å². The van der Waals surface area contributed by atoms with Gasteiger partial charge in [-0.1, -0.05) is 67.3 Å². The maximum Gasteiger partial charge on any atom is -0.00135 e. The summed E-state index contributed by atoms with van der Waals surface area (Å²) in [5, 5.41) is 0. The van der Waals surface area contributed by atoms with Gasteiger partial charge in [-0.2, -0.15) is 0 Å². The molecule has 2 aromatic rings. The van der Waals surface area contributed by atoms with Crippen LogP contribution in [-0.2, 0) is 6.42 Å². The molecule has 0 atom stereocenters. The minimum Gasteiger partial charge on any atom is -0.0984 e. The first kappa shape index (κ1) is 10.1. The molecule has 1 aliphatic carbocycles. The lowest BCUT2D eigenvalue weighted by molar-refractivity contribution is 1.31. The molecule has 0 heterocycles. The normalized spacial score (nSPS) is 13.1. The van der Waals surface area contributed by atoms with Crippen LogP contribution in [0.2, 0.25) is 0 Å². The van der Waals surface area contributed by atoms with Crippen molar-refractivity contribution in [3.63, 3.8) is 0 Å². The molecule has 0 unspecified atom stereocenters. The third-order valence-corrected chi connectivity index (χ3v) is 3.29. The molecule has 0 heteroatoms. The van der Waals surface area contributed by atoms with Gasteiger partial charge in [-0.25, -0.2) is 0 Å². The average molecular weight is 218 g/mol. The minimum atomic E-state index is 1.03. The van der Waals surface area contributed by atoms with E-state index in [-0.39, 0.29) is 0 Å². The van der Waals surface area contributed by atoms with Crippen molar-refractivity contribution in [2.75, 3.05) is 0 Å². The Hall–Kier alpha value is -2.08. The van der Waals surface area contributed by atoms with Gasteiger partial charge in [0.2, 0.25) is 0 Å². The van der Waals surface area contributed by atoms with E-state index in [1.165, 1.54) is 27.8 Å². The van der Waals surface area contributed by atoms with Gasteiger partial charge in [0, 0.05) is 0 Å². The van der Waals surface area contributed by atoms with E-state index in [0.717, 1.165) is 6.42 Å². The first-order valence-electron chi connectivity index (χ1n) is 5.89. The van der Waals surface area contributed by atoms with Crippen molar-refractivity contribution < 1.29 is 0 Å². The van der Waals surface area contributed by atoms with Crippen LogP contribution >= 0.6 is 0 Å². The van der Waals surface area contributed by atoms with E-state index in [0.29, 0.717) is 0 Å². The highest BCUT2D eigenvalue weighted by atomic mass is 14.2. The van der Waals surface area contributed by atoms with Gasteiger partial charge in [-0.05, 0) is 34.2 Å². The molecular formula is C17H14. The summed E-state index contributed by atoms with van der Waals surface area (Å²) in [4.78, 5) is 0. The highest BCUT2D eigenvalue weighted by Gasteiger charge is 2.14. The second kappa shape index (κ2) is 4.06. The molecule has 0 fully saturated rings. The summed E-state index contributed by atoms with van der Waals surface area (Å²) in [7, 11) is 0. The van der Waals surface area contributed by atoms with Crippen molar-refractivity contribution in [1.29, 1.82) is 0 Å².